The van der Waals surface area contributed by atoms with Gasteiger partial charge in [0.1, 0.15) is 17.3 Å². The molecular formula is C24H20FN3O3S. The van der Waals surface area contributed by atoms with E-state index in [9.17, 15) is 14.0 Å². The lowest BCUT2D eigenvalue weighted by Gasteiger charge is -2.08. The van der Waals surface area contributed by atoms with Crippen LogP contribution in [0.3, 0.4) is 0 Å². The maximum absolute atomic E-state index is 13.6. The summed E-state index contributed by atoms with van der Waals surface area (Å²) in [6, 6.07) is 19.4. The summed E-state index contributed by atoms with van der Waals surface area (Å²) in [5.41, 5.74) is 0.843. The van der Waals surface area contributed by atoms with E-state index < -0.39 is 5.82 Å². The SMILES string of the molecule is O=C(NCCNC(=O)c1cccc2ccccc12)c1csc(COc2ccccc2F)n1. The molecule has 0 aliphatic heterocycles. The van der Waals surface area contributed by atoms with Gasteiger partial charge < -0.3 is 15.4 Å². The standard InChI is InChI=1S/C24H20FN3O3S/c25-19-10-3-4-11-21(19)31-14-22-28-20(15-32-22)24(30)27-13-12-26-23(29)18-9-5-7-16-6-1-2-8-17(16)18/h1-11,15H,12-14H2,(H,26,29)(H,27,30). The largest absolute Gasteiger partial charge is 0.483 e. The summed E-state index contributed by atoms with van der Waals surface area (Å²) in [5, 5.41) is 9.59. The number of hydrogen-bond acceptors (Lipinski definition) is 5. The van der Waals surface area contributed by atoms with Gasteiger partial charge >= 0.3 is 0 Å². The van der Waals surface area contributed by atoms with Crippen LogP contribution in [0.5, 0.6) is 5.75 Å². The van der Waals surface area contributed by atoms with Crippen LogP contribution < -0.4 is 15.4 Å². The second-order valence-corrected chi connectivity index (χ2v) is 7.83. The topological polar surface area (TPSA) is 80.3 Å². The van der Waals surface area contributed by atoms with Crippen molar-refractivity contribution in [3.05, 3.63) is 94.2 Å². The van der Waals surface area contributed by atoms with E-state index in [2.05, 4.69) is 15.6 Å². The van der Waals surface area contributed by atoms with Crippen molar-refractivity contribution < 1.29 is 18.7 Å². The zero-order chi connectivity index (χ0) is 22.3. The van der Waals surface area contributed by atoms with Gasteiger partial charge in [0.05, 0.1) is 0 Å². The van der Waals surface area contributed by atoms with Gasteiger partial charge in [-0.25, -0.2) is 9.37 Å². The Bertz CT molecular complexity index is 1250. The van der Waals surface area contributed by atoms with Gasteiger partial charge in [0, 0.05) is 24.0 Å². The van der Waals surface area contributed by atoms with Crippen molar-refractivity contribution in [3.63, 3.8) is 0 Å². The zero-order valence-corrected chi connectivity index (χ0v) is 17.8. The van der Waals surface area contributed by atoms with Gasteiger partial charge in [0.2, 0.25) is 0 Å². The minimum Gasteiger partial charge on any atom is -0.483 e. The number of nitrogens with zero attached hydrogens (tertiary/aromatic N) is 1. The average molecular weight is 450 g/mol. The van der Waals surface area contributed by atoms with Crippen molar-refractivity contribution in [1.82, 2.24) is 15.6 Å². The molecule has 1 heterocycles. The molecule has 162 valence electrons. The molecule has 0 bridgehead atoms. The summed E-state index contributed by atoms with van der Waals surface area (Å²) in [7, 11) is 0. The summed E-state index contributed by atoms with van der Waals surface area (Å²) >= 11 is 1.26. The highest BCUT2D eigenvalue weighted by Gasteiger charge is 2.13. The number of nitrogens with one attached hydrogen (secondary N) is 2. The molecule has 2 N–H and O–H groups in total. The third kappa shape index (κ3) is 5.09. The molecule has 0 fully saturated rings. The monoisotopic (exact) mass is 449 g/mol. The highest BCUT2D eigenvalue weighted by atomic mass is 32.1. The van der Waals surface area contributed by atoms with E-state index in [0.29, 0.717) is 10.6 Å². The first-order valence-corrected chi connectivity index (χ1v) is 10.9. The molecule has 0 saturated carbocycles. The third-order valence-electron chi connectivity index (χ3n) is 4.70. The van der Waals surface area contributed by atoms with Crippen molar-refractivity contribution in [1.29, 1.82) is 0 Å². The van der Waals surface area contributed by atoms with Crippen molar-refractivity contribution in [2.24, 2.45) is 0 Å². The molecule has 0 unspecified atom stereocenters. The minimum atomic E-state index is -0.451. The van der Waals surface area contributed by atoms with Crippen LogP contribution in [0.4, 0.5) is 4.39 Å². The number of halogens is 1. The quantitative estimate of drug-likeness (QED) is 0.396. The van der Waals surface area contributed by atoms with Crippen LogP contribution in [-0.2, 0) is 6.61 Å². The molecule has 0 aliphatic carbocycles. The number of ether oxygens (including phenoxy) is 1. The van der Waals surface area contributed by atoms with Crippen LogP contribution in [0.15, 0.2) is 72.1 Å². The molecule has 0 atom stereocenters. The maximum Gasteiger partial charge on any atom is 0.270 e. The first-order chi connectivity index (χ1) is 15.6. The predicted molar refractivity (Wildman–Crippen MR) is 121 cm³/mol. The van der Waals surface area contributed by atoms with E-state index in [-0.39, 0.29) is 43.0 Å². The molecule has 0 saturated heterocycles. The lowest BCUT2D eigenvalue weighted by atomic mass is 10.0. The Balaban J connectivity index is 1.25. The number of carbonyl (C=O) groups is 2. The minimum absolute atomic E-state index is 0.0694. The number of amides is 2. The Morgan fingerprint density at radius 1 is 0.906 bits per heavy atom. The summed E-state index contributed by atoms with van der Waals surface area (Å²) in [4.78, 5) is 29.0. The van der Waals surface area contributed by atoms with Crippen molar-refractivity contribution in [2.75, 3.05) is 13.1 Å². The fourth-order valence-electron chi connectivity index (χ4n) is 3.14. The molecule has 4 rings (SSSR count). The number of carbonyl (C=O) groups excluding carboxylic acids is 2. The van der Waals surface area contributed by atoms with Gasteiger partial charge in [0.15, 0.2) is 11.6 Å². The molecular weight excluding hydrogens is 429 g/mol. The van der Waals surface area contributed by atoms with Crippen LogP contribution in [0.1, 0.15) is 25.9 Å². The Hall–Kier alpha value is -3.78. The molecule has 0 radical (unpaired) electrons. The average Bonchev–Trinajstić information content (AvgIpc) is 3.30. The molecule has 2 amide bonds. The highest BCUT2D eigenvalue weighted by molar-refractivity contribution is 7.09. The molecule has 32 heavy (non-hydrogen) atoms. The van der Waals surface area contributed by atoms with Crippen molar-refractivity contribution in [3.8, 4) is 5.75 Å². The Morgan fingerprint density at radius 3 is 2.47 bits per heavy atom. The highest BCUT2D eigenvalue weighted by Crippen LogP contribution is 2.19. The van der Waals surface area contributed by atoms with E-state index in [4.69, 9.17) is 4.74 Å². The Morgan fingerprint density at radius 2 is 1.62 bits per heavy atom. The van der Waals surface area contributed by atoms with E-state index in [1.807, 2.05) is 36.4 Å². The third-order valence-corrected chi connectivity index (χ3v) is 5.52. The van der Waals surface area contributed by atoms with Crippen molar-refractivity contribution >= 4 is 33.9 Å². The first-order valence-electron chi connectivity index (χ1n) is 9.98. The molecule has 0 aliphatic rings. The van der Waals surface area contributed by atoms with E-state index in [0.717, 1.165) is 10.8 Å². The van der Waals surface area contributed by atoms with Crippen LogP contribution in [0.25, 0.3) is 10.8 Å². The fourth-order valence-corrected chi connectivity index (χ4v) is 3.83. The second kappa shape index (κ2) is 10.0. The molecule has 8 heteroatoms. The molecule has 1 aromatic heterocycles. The van der Waals surface area contributed by atoms with Crippen LogP contribution in [0, 0.1) is 5.82 Å². The van der Waals surface area contributed by atoms with E-state index >= 15 is 0 Å². The molecule has 6 nitrogen and oxygen atoms in total. The number of aromatic nitrogens is 1. The Labute approximate surface area is 188 Å². The summed E-state index contributed by atoms with van der Waals surface area (Å²) in [6.45, 7) is 0.606. The number of benzene rings is 3. The lowest BCUT2D eigenvalue weighted by molar-refractivity contribution is 0.0926. The van der Waals surface area contributed by atoms with Gasteiger partial charge in [-0.2, -0.15) is 0 Å². The number of rotatable bonds is 8. The van der Waals surface area contributed by atoms with Crippen LogP contribution >= 0.6 is 11.3 Å². The van der Waals surface area contributed by atoms with E-state index in [1.54, 1.807) is 23.6 Å². The number of hydrogen-bond donors (Lipinski definition) is 2. The maximum atomic E-state index is 13.6. The van der Waals surface area contributed by atoms with Gasteiger partial charge in [0.25, 0.3) is 11.8 Å². The fraction of sp³-hybridized carbons (Fsp3) is 0.125. The normalized spacial score (nSPS) is 10.7. The van der Waals surface area contributed by atoms with Crippen molar-refractivity contribution in [2.45, 2.75) is 6.61 Å². The number of fused-ring (bicyclic) bond motifs is 1. The number of para-hydroxylation sites is 1. The lowest BCUT2D eigenvalue weighted by Crippen LogP contribution is -2.34. The van der Waals surface area contributed by atoms with Gasteiger partial charge in [-0.3, -0.25) is 9.59 Å². The van der Waals surface area contributed by atoms with E-state index in [1.165, 1.54) is 23.5 Å². The van der Waals surface area contributed by atoms with Crippen LogP contribution in [-0.4, -0.2) is 29.9 Å². The molecule has 4 aromatic rings. The smallest absolute Gasteiger partial charge is 0.270 e. The summed E-state index contributed by atoms with van der Waals surface area (Å²) in [6.07, 6.45) is 0. The second-order valence-electron chi connectivity index (χ2n) is 6.88. The summed E-state index contributed by atoms with van der Waals surface area (Å²) in [5.74, 6) is -0.863. The molecule has 3 aromatic carbocycles. The van der Waals surface area contributed by atoms with Gasteiger partial charge in [-0.05, 0) is 29.0 Å². The summed E-state index contributed by atoms with van der Waals surface area (Å²) < 4.78 is 19.0. The number of thiazole rings is 1. The molecule has 0 spiro atoms. The van der Waals surface area contributed by atoms with Gasteiger partial charge in [-0.15, -0.1) is 11.3 Å². The van der Waals surface area contributed by atoms with Gasteiger partial charge in [-0.1, -0.05) is 48.5 Å². The first kappa shape index (κ1) is 21.5. The van der Waals surface area contributed by atoms with Crippen LogP contribution in [0.2, 0.25) is 0 Å². The zero-order valence-electron chi connectivity index (χ0n) is 17.0. The predicted octanol–water partition coefficient (Wildman–Crippen LogP) is 4.17. The Kier molecular flexibility index (Phi) is 6.72.